The van der Waals surface area contributed by atoms with E-state index in [2.05, 4.69) is 46.7 Å². The normalized spacial score (nSPS) is 18.2. The predicted octanol–water partition coefficient (Wildman–Crippen LogP) is 2.09. The Hall–Kier alpha value is -2.24. The minimum absolute atomic E-state index is 0.192. The first-order valence-electron chi connectivity index (χ1n) is 8.20. The molecular weight excluding hydrogens is 290 g/mol. The van der Waals surface area contributed by atoms with Gasteiger partial charge < -0.3 is 4.90 Å². The van der Waals surface area contributed by atoms with E-state index in [1.165, 1.54) is 11.1 Å². The maximum absolute atomic E-state index is 12.5. The van der Waals surface area contributed by atoms with Crippen molar-refractivity contribution >= 4 is 5.91 Å². The monoisotopic (exact) mass is 313 g/mol. The van der Waals surface area contributed by atoms with E-state index < -0.39 is 0 Å². The van der Waals surface area contributed by atoms with E-state index in [9.17, 15) is 4.79 Å². The van der Waals surface area contributed by atoms with Crippen molar-refractivity contribution in [2.45, 2.75) is 45.6 Å². The van der Waals surface area contributed by atoms with Crippen LogP contribution in [0.5, 0.6) is 0 Å². The van der Waals surface area contributed by atoms with Crippen molar-refractivity contribution in [3.8, 4) is 0 Å². The molecule has 0 saturated carbocycles. The lowest BCUT2D eigenvalue weighted by Crippen LogP contribution is -2.39. The van der Waals surface area contributed by atoms with Crippen molar-refractivity contribution in [3.05, 3.63) is 41.2 Å². The molecule has 1 aromatic carbocycles. The summed E-state index contributed by atoms with van der Waals surface area (Å²) >= 11 is 0. The topological polar surface area (TPSA) is 63.9 Å². The summed E-state index contributed by atoms with van der Waals surface area (Å²) in [4.78, 5) is 14.5. The van der Waals surface area contributed by atoms with Crippen molar-refractivity contribution < 1.29 is 4.79 Å². The molecule has 1 aliphatic heterocycles. The van der Waals surface area contributed by atoms with Gasteiger partial charge in [0.15, 0.2) is 0 Å². The number of benzene rings is 1. The molecule has 0 N–H and O–H groups in total. The average molecular weight is 313 g/mol. The van der Waals surface area contributed by atoms with Crippen LogP contribution in [0.25, 0.3) is 0 Å². The van der Waals surface area contributed by atoms with Gasteiger partial charge >= 0.3 is 0 Å². The molecule has 1 aromatic heterocycles. The number of hydrogen-bond acceptors (Lipinski definition) is 4. The number of nitrogens with zero attached hydrogens (tertiary/aromatic N) is 5. The van der Waals surface area contributed by atoms with Gasteiger partial charge in [-0.2, -0.15) is 0 Å². The van der Waals surface area contributed by atoms with Crippen LogP contribution in [0.4, 0.5) is 0 Å². The minimum atomic E-state index is 0.192. The fraction of sp³-hybridized carbons (Fsp3) is 0.529. The lowest BCUT2D eigenvalue weighted by Gasteiger charge is -2.33. The summed E-state index contributed by atoms with van der Waals surface area (Å²) < 4.78 is 1.68. The average Bonchev–Trinajstić information content (AvgIpc) is 2.98. The molecule has 6 nitrogen and oxygen atoms in total. The molecule has 122 valence electrons. The van der Waals surface area contributed by atoms with Crippen LogP contribution in [0, 0.1) is 13.8 Å². The smallest absolute Gasteiger partial charge is 0.224 e. The van der Waals surface area contributed by atoms with Gasteiger partial charge in [-0.15, -0.1) is 5.10 Å². The van der Waals surface area contributed by atoms with Crippen LogP contribution in [0.2, 0.25) is 0 Å². The standard InChI is InChI=1S/C17H23N5O/c1-13-5-3-6-15(11-13)16-7-4-9-21(12-16)17(23)8-10-22-14(2)18-19-20-22/h3,5-6,11,16H,4,7-10,12H2,1-2H3/t16-/m0/s1. The van der Waals surface area contributed by atoms with Gasteiger partial charge in [0, 0.05) is 25.4 Å². The predicted molar refractivity (Wildman–Crippen MR) is 86.9 cm³/mol. The zero-order chi connectivity index (χ0) is 16.2. The second kappa shape index (κ2) is 6.89. The number of carbonyl (C=O) groups excluding carboxylic acids is 1. The first-order chi connectivity index (χ1) is 11.1. The van der Waals surface area contributed by atoms with Gasteiger partial charge in [-0.25, -0.2) is 4.68 Å². The summed E-state index contributed by atoms with van der Waals surface area (Å²) in [6, 6.07) is 8.63. The summed E-state index contributed by atoms with van der Waals surface area (Å²) in [5.74, 6) is 1.38. The van der Waals surface area contributed by atoms with Crippen LogP contribution < -0.4 is 0 Å². The van der Waals surface area contributed by atoms with Gasteiger partial charge in [0.05, 0.1) is 6.54 Å². The van der Waals surface area contributed by atoms with E-state index in [4.69, 9.17) is 0 Å². The van der Waals surface area contributed by atoms with E-state index in [0.29, 0.717) is 18.9 Å². The first-order valence-corrected chi connectivity index (χ1v) is 8.20. The van der Waals surface area contributed by atoms with Crippen LogP contribution in [-0.2, 0) is 11.3 Å². The molecule has 23 heavy (non-hydrogen) atoms. The maximum atomic E-state index is 12.5. The Morgan fingerprint density at radius 3 is 2.96 bits per heavy atom. The van der Waals surface area contributed by atoms with E-state index >= 15 is 0 Å². The molecule has 2 heterocycles. The third kappa shape index (κ3) is 3.75. The van der Waals surface area contributed by atoms with Gasteiger partial charge in [-0.05, 0) is 42.7 Å². The second-order valence-electron chi connectivity index (χ2n) is 6.29. The van der Waals surface area contributed by atoms with Crippen LogP contribution in [0.3, 0.4) is 0 Å². The third-order valence-corrected chi connectivity index (χ3v) is 4.54. The zero-order valence-electron chi connectivity index (χ0n) is 13.8. The minimum Gasteiger partial charge on any atom is -0.342 e. The highest BCUT2D eigenvalue weighted by Crippen LogP contribution is 2.27. The van der Waals surface area contributed by atoms with E-state index in [1.54, 1.807) is 4.68 Å². The highest BCUT2D eigenvalue weighted by Gasteiger charge is 2.24. The summed E-state index contributed by atoms with van der Waals surface area (Å²) in [6.07, 6.45) is 2.67. The first kappa shape index (κ1) is 15.6. The number of aryl methyl sites for hydroxylation is 3. The van der Waals surface area contributed by atoms with Crippen LogP contribution in [-0.4, -0.2) is 44.1 Å². The summed E-state index contributed by atoms with van der Waals surface area (Å²) in [5.41, 5.74) is 2.62. The molecule has 0 spiro atoms. The number of amides is 1. The second-order valence-corrected chi connectivity index (χ2v) is 6.29. The molecule has 0 radical (unpaired) electrons. The molecular formula is C17H23N5O. The SMILES string of the molecule is Cc1cccc([C@H]2CCCN(C(=O)CCn3nnnc3C)C2)c1. The molecule has 0 unspecified atom stereocenters. The Bertz CT molecular complexity index is 681. The van der Waals surface area contributed by atoms with Crippen molar-refractivity contribution in [1.82, 2.24) is 25.1 Å². The van der Waals surface area contributed by atoms with Gasteiger partial charge in [-0.1, -0.05) is 29.8 Å². The van der Waals surface area contributed by atoms with Crippen LogP contribution in [0.1, 0.15) is 42.1 Å². The molecule has 0 bridgehead atoms. The highest BCUT2D eigenvalue weighted by atomic mass is 16.2. The molecule has 2 aromatic rings. The van der Waals surface area contributed by atoms with E-state index in [0.717, 1.165) is 31.8 Å². The molecule has 1 atom stereocenters. The van der Waals surface area contributed by atoms with Crippen LogP contribution >= 0.6 is 0 Å². The fourth-order valence-corrected chi connectivity index (χ4v) is 3.22. The Balaban J connectivity index is 1.59. The number of tetrazole rings is 1. The third-order valence-electron chi connectivity index (χ3n) is 4.54. The number of likely N-dealkylation sites (tertiary alicyclic amines) is 1. The van der Waals surface area contributed by atoms with Crippen molar-refractivity contribution in [2.75, 3.05) is 13.1 Å². The molecule has 6 heteroatoms. The Kier molecular flexibility index (Phi) is 4.69. The largest absolute Gasteiger partial charge is 0.342 e. The van der Waals surface area contributed by atoms with Crippen LogP contribution in [0.15, 0.2) is 24.3 Å². The Morgan fingerprint density at radius 2 is 2.22 bits per heavy atom. The van der Waals surface area contributed by atoms with Gasteiger partial charge in [0.1, 0.15) is 5.82 Å². The van der Waals surface area contributed by atoms with Gasteiger partial charge in [0.2, 0.25) is 5.91 Å². The number of piperidine rings is 1. The summed E-state index contributed by atoms with van der Waals surface area (Å²) in [6.45, 7) is 6.18. The molecule has 3 rings (SSSR count). The van der Waals surface area contributed by atoms with Crippen molar-refractivity contribution in [3.63, 3.8) is 0 Å². The van der Waals surface area contributed by atoms with Crippen molar-refractivity contribution in [2.24, 2.45) is 0 Å². The van der Waals surface area contributed by atoms with Gasteiger partial charge in [0.25, 0.3) is 0 Å². The lowest BCUT2D eigenvalue weighted by atomic mass is 9.89. The molecule has 1 saturated heterocycles. The summed E-state index contributed by atoms with van der Waals surface area (Å²) in [5, 5.41) is 11.3. The maximum Gasteiger partial charge on any atom is 0.224 e. The van der Waals surface area contributed by atoms with E-state index in [1.807, 2.05) is 11.8 Å². The number of aromatic nitrogens is 4. The molecule has 0 aliphatic carbocycles. The summed E-state index contributed by atoms with van der Waals surface area (Å²) in [7, 11) is 0. The van der Waals surface area contributed by atoms with Gasteiger partial charge in [-0.3, -0.25) is 4.79 Å². The van der Waals surface area contributed by atoms with Crippen molar-refractivity contribution in [1.29, 1.82) is 0 Å². The fourth-order valence-electron chi connectivity index (χ4n) is 3.22. The number of carbonyl (C=O) groups is 1. The lowest BCUT2D eigenvalue weighted by molar-refractivity contribution is -0.132. The molecule has 1 aliphatic rings. The zero-order valence-corrected chi connectivity index (χ0v) is 13.8. The molecule has 1 amide bonds. The quantitative estimate of drug-likeness (QED) is 0.867. The Labute approximate surface area is 136 Å². The number of rotatable bonds is 4. The Morgan fingerprint density at radius 1 is 1.35 bits per heavy atom. The molecule has 1 fully saturated rings. The number of hydrogen-bond donors (Lipinski definition) is 0. The highest BCUT2D eigenvalue weighted by molar-refractivity contribution is 5.76. The van der Waals surface area contributed by atoms with E-state index in [-0.39, 0.29) is 5.91 Å².